The summed E-state index contributed by atoms with van der Waals surface area (Å²) in [5, 5.41) is 25.0. The number of anilines is 1. The van der Waals surface area contributed by atoms with Gasteiger partial charge in [-0.2, -0.15) is 0 Å². The molecule has 2 aliphatic rings. The molecule has 2 unspecified atom stereocenters. The molecule has 2 aliphatic heterocycles. The first-order valence-electron chi connectivity index (χ1n) is 9.62. The molecule has 13 nitrogen and oxygen atoms in total. The summed E-state index contributed by atoms with van der Waals surface area (Å²) in [4.78, 5) is 52.0. The van der Waals surface area contributed by atoms with E-state index in [2.05, 4.69) is 30.6 Å². The van der Waals surface area contributed by atoms with Crippen LogP contribution in [0, 0.1) is 0 Å². The van der Waals surface area contributed by atoms with Crippen molar-refractivity contribution in [1.29, 1.82) is 0 Å². The van der Waals surface area contributed by atoms with E-state index < -0.39 is 29.9 Å². The lowest BCUT2D eigenvalue weighted by atomic mass is 9.94. The van der Waals surface area contributed by atoms with Gasteiger partial charge in [-0.1, -0.05) is 23.0 Å². The molecule has 2 atom stereocenters. The predicted molar refractivity (Wildman–Crippen MR) is 126 cm³/mol. The maximum Gasteiger partial charge on any atom is 0.353 e. The SMILES string of the molecule is CON=C(C(=O)NC1C(=O)N2C(C(=O)O)=C(/C=C/CSc3nc[nH]n3)SCC12)c1csc(N)n1. The van der Waals surface area contributed by atoms with Gasteiger partial charge in [0.2, 0.25) is 5.16 Å². The summed E-state index contributed by atoms with van der Waals surface area (Å²) in [5.41, 5.74) is 5.59. The number of amides is 2. The average Bonchev–Trinajstić information content (AvgIpc) is 3.49. The summed E-state index contributed by atoms with van der Waals surface area (Å²) in [5.74, 6) is -1.50. The molecule has 16 heteroatoms. The third-order valence-electron chi connectivity index (χ3n) is 4.73. The van der Waals surface area contributed by atoms with Crippen LogP contribution in [0.1, 0.15) is 5.69 Å². The molecule has 178 valence electrons. The molecule has 0 spiro atoms. The molecule has 0 aromatic carbocycles. The summed E-state index contributed by atoms with van der Waals surface area (Å²) < 4.78 is 0. The van der Waals surface area contributed by atoms with E-state index in [0.717, 1.165) is 11.3 Å². The Morgan fingerprint density at radius 3 is 3.00 bits per heavy atom. The van der Waals surface area contributed by atoms with Crippen LogP contribution in [0.5, 0.6) is 0 Å². The van der Waals surface area contributed by atoms with Crippen LogP contribution in [0.25, 0.3) is 0 Å². The highest BCUT2D eigenvalue weighted by Crippen LogP contribution is 2.39. The number of rotatable bonds is 9. The lowest BCUT2D eigenvalue weighted by molar-refractivity contribution is -0.153. The highest BCUT2D eigenvalue weighted by atomic mass is 32.2. The monoisotopic (exact) mass is 522 g/mol. The Bertz CT molecular complexity index is 1190. The van der Waals surface area contributed by atoms with E-state index >= 15 is 0 Å². The number of nitrogens with two attached hydrogens (primary N) is 1. The van der Waals surface area contributed by atoms with Gasteiger partial charge >= 0.3 is 5.97 Å². The number of aromatic amines is 1. The largest absolute Gasteiger partial charge is 0.477 e. The van der Waals surface area contributed by atoms with Gasteiger partial charge in [0, 0.05) is 21.8 Å². The maximum absolute atomic E-state index is 12.8. The number of carbonyl (C=O) groups excluding carboxylic acids is 2. The molecule has 1 saturated heterocycles. The number of fused-ring (bicyclic) bond motifs is 1. The number of nitrogens with zero attached hydrogens (tertiary/aromatic N) is 5. The van der Waals surface area contributed by atoms with Crippen LogP contribution in [-0.2, 0) is 19.2 Å². The summed E-state index contributed by atoms with van der Waals surface area (Å²) in [7, 11) is 1.28. The number of carboxylic acid groups (broad SMARTS) is 1. The van der Waals surface area contributed by atoms with E-state index in [4.69, 9.17) is 10.6 Å². The van der Waals surface area contributed by atoms with Gasteiger partial charge < -0.3 is 21.0 Å². The van der Waals surface area contributed by atoms with Gasteiger partial charge in [0.05, 0.1) is 6.04 Å². The van der Waals surface area contributed by atoms with Crippen molar-refractivity contribution in [3.8, 4) is 0 Å². The van der Waals surface area contributed by atoms with E-state index in [1.807, 2.05) is 0 Å². The third-order valence-corrected chi connectivity index (χ3v) is 7.36. The smallest absolute Gasteiger partial charge is 0.353 e. The molecular weight excluding hydrogens is 504 g/mol. The summed E-state index contributed by atoms with van der Waals surface area (Å²) in [6, 6.07) is -1.42. The van der Waals surface area contributed by atoms with E-state index in [0.29, 0.717) is 21.6 Å². The molecule has 34 heavy (non-hydrogen) atoms. The standard InChI is InChI=1S/C18H18N8O5S3/c1-31-25-11(8-5-34-17(19)22-8)14(27)23-12-9-6-33-10(13(16(29)30)26(9)15(12)28)3-2-4-32-18-20-7-21-24-18/h2-3,5,7,9,12H,4,6H2,1H3,(H2,19,22)(H,23,27)(H,29,30)(H,20,21,24)/b3-2+,25-11?. The number of oxime groups is 1. The van der Waals surface area contributed by atoms with Gasteiger partial charge in [-0.05, 0) is 6.08 Å². The molecule has 0 bridgehead atoms. The van der Waals surface area contributed by atoms with Crippen LogP contribution < -0.4 is 11.1 Å². The molecule has 4 heterocycles. The van der Waals surface area contributed by atoms with Gasteiger partial charge in [0.15, 0.2) is 10.8 Å². The number of thioether (sulfide) groups is 2. The van der Waals surface area contributed by atoms with Crippen LogP contribution in [0.15, 0.2) is 44.8 Å². The Morgan fingerprint density at radius 1 is 1.53 bits per heavy atom. The average molecular weight is 523 g/mol. The number of β-lactam (4-membered cyclic amide) rings is 1. The van der Waals surface area contributed by atoms with Gasteiger partial charge in [-0.25, -0.2) is 14.8 Å². The van der Waals surface area contributed by atoms with Crippen molar-refractivity contribution >= 4 is 63.5 Å². The highest BCUT2D eigenvalue weighted by molar-refractivity contribution is 8.03. The minimum Gasteiger partial charge on any atom is -0.477 e. The quantitative estimate of drug-likeness (QED) is 0.153. The number of hydrogen-bond acceptors (Lipinski definition) is 12. The lowest BCUT2D eigenvalue weighted by Crippen LogP contribution is -2.73. The van der Waals surface area contributed by atoms with E-state index in [1.54, 1.807) is 17.5 Å². The zero-order valence-corrected chi connectivity index (χ0v) is 19.9. The van der Waals surface area contributed by atoms with Crippen molar-refractivity contribution in [2.24, 2.45) is 5.16 Å². The fourth-order valence-corrected chi connectivity index (χ4v) is 5.63. The minimum absolute atomic E-state index is 0.117. The van der Waals surface area contributed by atoms with E-state index in [1.165, 1.54) is 41.9 Å². The normalized spacial score (nSPS) is 20.3. The van der Waals surface area contributed by atoms with E-state index in [9.17, 15) is 19.5 Å². The highest BCUT2D eigenvalue weighted by Gasteiger charge is 2.53. The zero-order chi connectivity index (χ0) is 24.2. The summed E-state index contributed by atoms with van der Waals surface area (Å²) >= 11 is 3.80. The molecule has 2 amide bonds. The lowest BCUT2D eigenvalue weighted by Gasteiger charge is -2.49. The van der Waals surface area contributed by atoms with Crippen LogP contribution in [-0.4, -0.2) is 84.4 Å². The number of thiazole rings is 1. The Morgan fingerprint density at radius 2 is 2.35 bits per heavy atom. The second-order valence-corrected chi connectivity index (χ2v) is 9.68. The topological polar surface area (TPSA) is 189 Å². The van der Waals surface area contributed by atoms with Crippen molar-refractivity contribution in [1.82, 2.24) is 30.4 Å². The Hall–Kier alpha value is -3.37. The van der Waals surface area contributed by atoms with E-state index in [-0.39, 0.29) is 22.2 Å². The van der Waals surface area contributed by atoms with Gasteiger partial charge in [0.25, 0.3) is 11.8 Å². The Labute approximate surface area is 204 Å². The molecule has 0 saturated carbocycles. The van der Waals surface area contributed by atoms with Crippen LogP contribution in [0.4, 0.5) is 5.13 Å². The second-order valence-electron chi connectivity index (χ2n) is 6.74. The molecule has 0 aliphatic carbocycles. The number of allylic oxidation sites excluding steroid dienone is 1. The Kier molecular flexibility index (Phi) is 7.18. The fraction of sp³-hybridized carbons (Fsp3) is 0.278. The number of H-pyrrole nitrogens is 1. The molecule has 2 aromatic heterocycles. The first-order valence-corrected chi connectivity index (χ1v) is 12.5. The van der Waals surface area contributed by atoms with Gasteiger partial charge in [0.1, 0.15) is 30.9 Å². The van der Waals surface area contributed by atoms with Crippen molar-refractivity contribution in [2.75, 3.05) is 24.3 Å². The van der Waals surface area contributed by atoms with Crippen molar-refractivity contribution in [2.45, 2.75) is 17.2 Å². The van der Waals surface area contributed by atoms with Gasteiger partial charge in [-0.15, -0.1) is 28.2 Å². The number of aliphatic carboxylic acids is 1. The second kappa shape index (κ2) is 10.3. The molecular formula is C18H18N8O5S3. The maximum atomic E-state index is 12.8. The minimum atomic E-state index is -1.23. The van der Waals surface area contributed by atoms with Crippen molar-refractivity contribution < 1.29 is 24.3 Å². The predicted octanol–water partition coefficient (Wildman–Crippen LogP) is 0.281. The van der Waals surface area contributed by atoms with Crippen molar-refractivity contribution in [3.05, 3.63) is 40.2 Å². The van der Waals surface area contributed by atoms with Crippen LogP contribution in [0.2, 0.25) is 0 Å². The molecule has 2 aromatic rings. The number of aromatic nitrogens is 4. The zero-order valence-electron chi connectivity index (χ0n) is 17.5. The molecule has 5 N–H and O–H groups in total. The third kappa shape index (κ3) is 4.78. The van der Waals surface area contributed by atoms with Crippen LogP contribution in [0.3, 0.4) is 0 Å². The number of carbonyl (C=O) groups is 3. The number of hydrogen-bond donors (Lipinski definition) is 4. The number of nitrogen functional groups attached to an aromatic ring is 1. The first-order chi connectivity index (χ1) is 16.4. The first kappa shape index (κ1) is 23.8. The Balaban J connectivity index is 1.46. The summed E-state index contributed by atoms with van der Waals surface area (Å²) in [6.45, 7) is 0. The number of carboxylic acids is 1. The molecule has 4 rings (SSSR count). The number of nitrogens with one attached hydrogen (secondary N) is 2. The molecule has 0 radical (unpaired) electrons. The van der Waals surface area contributed by atoms with Crippen molar-refractivity contribution in [3.63, 3.8) is 0 Å². The summed E-state index contributed by atoms with van der Waals surface area (Å²) in [6.07, 6.45) is 4.91. The fourth-order valence-electron chi connectivity index (χ4n) is 3.29. The molecule has 1 fully saturated rings. The van der Waals surface area contributed by atoms with Crippen LogP contribution >= 0.6 is 34.9 Å². The van der Waals surface area contributed by atoms with Gasteiger partial charge in [-0.3, -0.25) is 19.6 Å².